The van der Waals surface area contributed by atoms with Gasteiger partial charge in [-0.1, -0.05) is 17.3 Å². The molecule has 2 aliphatic heterocycles. The fraction of sp³-hybridized carbons (Fsp3) is 0.421. The highest BCUT2D eigenvalue weighted by atomic mass is 16.5. The zero-order valence-corrected chi connectivity index (χ0v) is 14.6. The maximum Gasteiger partial charge on any atom is 0.310 e. The summed E-state index contributed by atoms with van der Waals surface area (Å²) in [7, 11) is 0. The molecule has 0 spiro atoms. The fourth-order valence-electron chi connectivity index (χ4n) is 3.52. The molecule has 2 aliphatic rings. The quantitative estimate of drug-likeness (QED) is 0.787. The first-order valence-corrected chi connectivity index (χ1v) is 8.85. The molecule has 1 amide bonds. The molecule has 0 bridgehead atoms. The van der Waals surface area contributed by atoms with E-state index in [2.05, 4.69) is 5.16 Å². The first-order chi connectivity index (χ1) is 12.7. The van der Waals surface area contributed by atoms with Crippen LogP contribution in [-0.4, -0.2) is 41.6 Å². The lowest BCUT2D eigenvalue weighted by Gasteiger charge is -2.31. The van der Waals surface area contributed by atoms with Gasteiger partial charge >= 0.3 is 5.97 Å². The van der Waals surface area contributed by atoms with Crippen molar-refractivity contribution in [2.45, 2.75) is 26.4 Å². The van der Waals surface area contributed by atoms with Crippen LogP contribution in [-0.2, 0) is 16.1 Å². The highest BCUT2D eigenvalue weighted by molar-refractivity contribution is 5.96. The number of hydrogen-bond donors (Lipinski definition) is 0. The molecular formula is C19H20N2O5. The van der Waals surface area contributed by atoms with Gasteiger partial charge < -0.3 is 18.9 Å². The molecule has 1 fully saturated rings. The van der Waals surface area contributed by atoms with Gasteiger partial charge in [0, 0.05) is 13.1 Å². The Hall–Kier alpha value is -2.83. The van der Waals surface area contributed by atoms with Crippen LogP contribution in [0.15, 0.2) is 28.8 Å². The monoisotopic (exact) mass is 356 g/mol. The van der Waals surface area contributed by atoms with E-state index in [1.807, 2.05) is 24.3 Å². The predicted octanol–water partition coefficient (Wildman–Crippen LogP) is 2.65. The number of benzene rings is 1. The van der Waals surface area contributed by atoms with Crippen LogP contribution in [0.1, 0.15) is 35.8 Å². The summed E-state index contributed by atoms with van der Waals surface area (Å²) in [5.74, 6) is 0.536. The van der Waals surface area contributed by atoms with E-state index in [1.165, 1.54) is 0 Å². The van der Waals surface area contributed by atoms with E-state index in [4.69, 9.17) is 14.0 Å². The van der Waals surface area contributed by atoms with Crippen LogP contribution in [0, 0.1) is 5.92 Å². The molecular weight excluding hydrogens is 336 g/mol. The van der Waals surface area contributed by atoms with Crippen molar-refractivity contribution in [3.8, 4) is 17.1 Å². The maximum absolute atomic E-state index is 13.0. The Morgan fingerprint density at radius 3 is 3.04 bits per heavy atom. The van der Waals surface area contributed by atoms with Crippen molar-refractivity contribution in [3.05, 3.63) is 35.5 Å². The average Bonchev–Trinajstić information content (AvgIpc) is 3.12. The highest BCUT2D eigenvalue weighted by Gasteiger charge is 2.34. The molecule has 0 saturated carbocycles. The number of esters is 1. The molecule has 0 aliphatic carbocycles. The summed E-state index contributed by atoms with van der Waals surface area (Å²) >= 11 is 0. The average molecular weight is 356 g/mol. The Morgan fingerprint density at radius 1 is 1.35 bits per heavy atom. The van der Waals surface area contributed by atoms with Gasteiger partial charge in [-0.3, -0.25) is 9.59 Å². The molecule has 1 aromatic heterocycles. The molecule has 1 unspecified atom stereocenters. The van der Waals surface area contributed by atoms with E-state index in [0.717, 1.165) is 24.2 Å². The number of rotatable bonds is 3. The summed E-state index contributed by atoms with van der Waals surface area (Å²) < 4.78 is 16.3. The van der Waals surface area contributed by atoms with Crippen LogP contribution in [0.3, 0.4) is 0 Å². The van der Waals surface area contributed by atoms with Crippen LogP contribution in [0.25, 0.3) is 11.3 Å². The number of carbonyl (C=O) groups is 2. The molecule has 0 N–H and O–H groups in total. The van der Waals surface area contributed by atoms with Gasteiger partial charge in [0.25, 0.3) is 5.91 Å². The second-order valence-electron chi connectivity index (χ2n) is 6.47. The molecule has 2 aromatic rings. The molecule has 3 heterocycles. The van der Waals surface area contributed by atoms with Gasteiger partial charge in [-0.25, -0.2) is 0 Å². The smallest absolute Gasteiger partial charge is 0.310 e. The van der Waals surface area contributed by atoms with E-state index < -0.39 is 0 Å². The molecule has 136 valence electrons. The third-order valence-electron chi connectivity index (χ3n) is 4.82. The van der Waals surface area contributed by atoms with E-state index in [9.17, 15) is 9.59 Å². The minimum absolute atomic E-state index is 0.230. The molecule has 0 radical (unpaired) electrons. The number of ether oxygens (including phenoxy) is 2. The Labute approximate surface area is 150 Å². The molecule has 1 aromatic carbocycles. The lowest BCUT2D eigenvalue weighted by atomic mass is 9.97. The normalized spacial score (nSPS) is 18.5. The Kier molecular flexibility index (Phi) is 4.36. The van der Waals surface area contributed by atoms with Crippen LogP contribution >= 0.6 is 0 Å². The number of fused-ring (bicyclic) bond motifs is 3. The van der Waals surface area contributed by atoms with Gasteiger partial charge in [0.15, 0.2) is 11.5 Å². The minimum atomic E-state index is -0.285. The molecule has 26 heavy (non-hydrogen) atoms. The van der Waals surface area contributed by atoms with Crippen molar-refractivity contribution in [3.63, 3.8) is 0 Å². The molecule has 1 saturated heterocycles. The number of para-hydroxylation sites is 1. The van der Waals surface area contributed by atoms with E-state index in [1.54, 1.807) is 11.8 Å². The third-order valence-corrected chi connectivity index (χ3v) is 4.82. The Balaban J connectivity index is 1.57. The van der Waals surface area contributed by atoms with Gasteiger partial charge in [0.1, 0.15) is 12.4 Å². The van der Waals surface area contributed by atoms with Crippen molar-refractivity contribution in [1.29, 1.82) is 0 Å². The van der Waals surface area contributed by atoms with Gasteiger partial charge in [-0.2, -0.15) is 0 Å². The number of piperidine rings is 1. The summed E-state index contributed by atoms with van der Waals surface area (Å²) in [5.41, 5.74) is 1.72. The first-order valence-electron chi connectivity index (χ1n) is 8.85. The summed E-state index contributed by atoms with van der Waals surface area (Å²) in [4.78, 5) is 26.6. The number of likely N-dealkylation sites (tertiary alicyclic amines) is 1. The van der Waals surface area contributed by atoms with Crippen LogP contribution in [0.4, 0.5) is 0 Å². The molecule has 4 rings (SSSR count). The van der Waals surface area contributed by atoms with Gasteiger partial charge in [-0.15, -0.1) is 0 Å². The number of amides is 1. The van der Waals surface area contributed by atoms with Crippen molar-refractivity contribution < 1.29 is 23.6 Å². The second-order valence-corrected chi connectivity index (χ2v) is 6.47. The van der Waals surface area contributed by atoms with Crippen molar-refractivity contribution in [1.82, 2.24) is 10.1 Å². The van der Waals surface area contributed by atoms with Gasteiger partial charge in [0.05, 0.1) is 23.7 Å². The second kappa shape index (κ2) is 6.82. The molecule has 1 atom stereocenters. The Morgan fingerprint density at radius 2 is 2.19 bits per heavy atom. The lowest BCUT2D eigenvalue weighted by Crippen LogP contribution is -2.43. The van der Waals surface area contributed by atoms with Gasteiger partial charge in [0.2, 0.25) is 0 Å². The number of hydrogen-bond acceptors (Lipinski definition) is 6. The zero-order chi connectivity index (χ0) is 18.1. The topological polar surface area (TPSA) is 81.9 Å². The van der Waals surface area contributed by atoms with Crippen LogP contribution in [0.5, 0.6) is 5.75 Å². The first kappa shape index (κ1) is 16.6. The summed E-state index contributed by atoms with van der Waals surface area (Å²) in [6.45, 7) is 3.30. The SMILES string of the molecule is CCOC(=O)C1CCCN(C(=O)c2noc3c2COc2ccccc2-3)C1. The highest BCUT2D eigenvalue weighted by Crippen LogP contribution is 2.39. The number of aromatic nitrogens is 1. The zero-order valence-electron chi connectivity index (χ0n) is 14.6. The van der Waals surface area contributed by atoms with Crippen molar-refractivity contribution in [2.75, 3.05) is 19.7 Å². The van der Waals surface area contributed by atoms with Crippen molar-refractivity contribution in [2.24, 2.45) is 5.92 Å². The molecule has 7 nitrogen and oxygen atoms in total. The third kappa shape index (κ3) is 2.83. The maximum atomic E-state index is 13.0. The number of carbonyl (C=O) groups excluding carboxylic acids is 2. The largest absolute Gasteiger partial charge is 0.488 e. The number of nitrogens with zero attached hydrogens (tertiary/aromatic N) is 2. The van der Waals surface area contributed by atoms with Crippen LogP contribution in [0.2, 0.25) is 0 Å². The van der Waals surface area contributed by atoms with Crippen LogP contribution < -0.4 is 4.74 Å². The predicted molar refractivity (Wildman–Crippen MR) is 91.5 cm³/mol. The lowest BCUT2D eigenvalue weighted by molar-refractivity contribution is -0.149. The summed E-state index contributed by atoms with van der Waals surface area (Å²) in [6.07, 6.45) is 1.49. The van der Waals surface area contributed by atoms with E-state index >= 15 is 0 Å². The minimum Gasteiger partial charge on any atom is -0.488 e. The standard InChI is InChI=1S/C19H20N2O5/c1-2-24-19(23)12-6-5-9-21(10-12)18(22)16-14-11-25-15-8-4-3-7-13(15)17(14)26-20-16/h3-4,7-8,12H,2,5-6,9-11H2,1H3. The summed E-state index contributed by atoms with van der Waals surface area (Å²) in [6, 6.07) is 7.51. The van der Waals surface area contributed by atoms with E-state index in [-0.39, 0.29) is 30.1 Å². The van der Waals surface area contributed by atoms with Crippen molar-refractivity contribution >= 4 is 11.9 Å². The fourth-order valence-corrected chi connectivity index (χ4v) is 3.52. The molecule has 7 heteroatoms. The summed E-state index contributed by atoms with van der Waals surface area (Å²) in [5, 5.41) is 4.02. The van der Waals surface area contributed by atoms with E-state index in [0.29, 0.717) is 31.0 Å². The van der Waals surface area contributed by atoms with Gasteiger partial charge in [-0.05, 0) is 31.9 Å². The Bertz CT molecular complexity index is 844.